The van der Waals surface area contributed by atoms with E-state index in [0.717, 1.165) is 12.4 Å². The first-order valence-electron chi connectivity index (χ1n) is 8.34. The Kier molecular flexibility index (Phi) is 12.0. The molecule has 0 atom stereocenters. The highest BCUT2D eigenvalue weighted by Gasteiger charge is 2.37. The van der Waals surface area contributed by atoms with Crippen LogP contribution in [0, 0.1) is 22.7 Å². The van der Waals surface area contributed by atoms with Crippen molar-refractivity contribution < 1.29 is 43.2 Å². The standard InChI is InChI=1S/C8H6F3N3O2S.C6H3ClF3NO2S.C2H4N2/c9-8(10,11)6-1-3-13-5-7(6)17(15,16)14-4-2-12;7-14(12,13)5-3-11-2-1-4(5)6(8,9)10;3-1-2-4/h1,3,5,14H,4H2;1-3H;1,3H2. The molecule has 0 aliphatic carbocycles. The molecule has 2 aromatic rings. The molecule has 0 bridgehead atoms. The lowest BCUT2D eigenvalue weighted by Crippen LogP contribution is -2.26. The lowest BCUT2D eigenvalue weighted by Gasteiger charge is -2.11. The Labute approximate surface area is 199 Å². The topological polar surface area (TPSA) is 180 Å². The van der Waals surface area contributed by atoms with Crippen molar-refractivity contribution in [2.75, 3.05) is 13.1 Å². The molecule has 2 aromatic heterocycles. The molecule has 0 aromatic carbocycles. The minimum atomic E-state index is -4.81. The molecule has 0 saturated carbocycles. The number of aromatic nitrogens is 2. The van der Waals surface area contributed by atoms with E-state index in [1.54, 1.807) is 10.8 Å². The highest BCUT2D eigenvalue weighted by molar-refractivity contribution is 8.13. The number of halogens is 7. The second-order valence-electron chi connectivity index (χ2n) is 5.52. The molecule has 0 radical (unpaired) electrons. The second kappa shape index (κ2) is 13.2. The molecule has 0 amide bonds. The molecule has 192 valence electrons. The van der Waals surface area contributed by atoms with Crippen molar-refractivity contribution >= 4 is 29.8 Å². The molecule has 2 heterocycles. The largest absolute Gasteiger partial charge is 0.417 e. The molecule has 0 saturated heterocycles. The van der Waals surface area contributed by atoms with Gasteiger partial charge in [0.15, 0.2) is 0 Å². The van der Waals surface area contributed by atoms with Gasteiger partial charge in [-0.05, 0) is 12.1 Å². The Morgan fingerprint density at radius 3 is 1.60 bits per heavy atom. The van der Waals surface area contributed by atoms with Gasteiger partial charge in [-0.1, -0.05) is 0 Å². The number of nitrogens with one attached hydrogen (secondary N) is 1. The lowest BCUT2D eigenvalue weighted by molar-refractivity contribution is -0.140. The summed E-state index contributed by atoms with van der Waals surface area (Å²) in [7, 11) is -4.02. The van der Waals surface area contributed by atoms with E-state index in [4.69, 9.17) is 21.2 Å². The van der Waals surface area contributed by atoms with Gasteiger partial charge in [-0.25, -0.2) is 16.8 Å². The smallest absolute Gasteiger partial charge is 0.318 e. The summed E-state index contributed by atoms with van der Waals surface area (Å²) < 4.78 is 120. The number of sulfonamides is 1. The van der Waals surface area contributed by atoms with Gasteiger partial charge in [0.25, 0.3) is 9.05 Å². The van der Waals surface area contributed by atoms with Crippen molar-refractivity contribution in [3.63, 3.8) is 0 Å². The van der Waals surface area contributed by atoms with Crippen LogP contribution >= 0.6 is 10.7 Å². The van der Waals surface area contributed by atoms with Crippen LogP contribution in [0.2, 0.25) is 0 Å². The van der Waals surface area contributed by atoms with Crippen LogP contribution in [-0.4, -0.2) is 39.9 Å². The zero-order chi connectivity index (χ0) is 27.5. The number of rotatable bonds is 4. The monoisotopic (exact) mass is 566 g/mol. The van der Waals surface area contributed by atoms with Gasteiger partial charge in [0.05, 0.1) is 36.4 Å². The summed E-state index contributed by atoms with van der Waals surface area (Å²) in [6.45, 7) is -0.492. The maximum absolute atomic E-state index is 12.5. The predicted molar refractivity (Wildman–Crippen MR) is 107 cm³/mol. The van der Waals surface area contributed by atoms with E-state index >= 15 is 0 Å². The van der Waals surface area contributed by atoms with Crippen LogP contribution in [0.5, 0.6) is 0 Å². The third-order valence-electron chi connectivity index (χ3n) is 3.16. The van der Waals surface area contributed by atoms with E-state index in [1.807, 2.05) is 0 Å². The van der Waals surface area contributed by atoms with Gasteiger partial charge in [0.1, 0.15) is 9.79 Å². The number of nitrogens with zero attached hydrogens (tertiary/aromatic N) is 4. The van der Waals surface area contributed by atoms with Gasteiger partial charge in [0.2, 0.25) is 10.0 Å². The molecule has 0 spiro atoms. The normalized spacial score (nSPS) is 11.6. The van der Waals surface area contributed by atoms with Crippen molar-refractivity contribution in [3.05, 3.63) is 48.0 Å². The highest BCUT2D eigenvalue weighted by Crippen LogP contribution is 2.35. The quantitative estimate of drug-likeness (QED) is 0.319. The molecule has 2 rings (SSSR count). The number of hydrogen-bond donors (Lipinski definition) is 2. The second-order valence-corrected chi connectivity index (χ2v) is 9.79. The average Bonchev–Trinajstić information content (AvgIpc) is 2.76. The molecular weight excluding hydrogens is 554 g/mol. The van der Waals surface area contributed by atoms with Crippen LogP contribution in [-0.2, 0) is 31.4 Å². The molecular formula is C16H13ClF6N6O4S2. The van der Waals surface area contributed by atoms with Crippen LogP contribution in [0.4, 0.5) is 26.3 Å². The number of nitriles is 2. The molecule has 35 heavy (non-hydrogen) atoms. The van der Waals surface area contributed by atoms with Gasteiger partial charge in [0, 0.05) is 35.5 Å². The molecule has 0 aliphatic heterocycles. The van der Waals surface area contributed by atoms with Gasteiger partial charge in [-0.3, -0.25) is 9.97 Å². The van der Waals surface area contributed by atoms with Crippen LogP contribution in [0.3, 0.4) is 0 Å². The zero-order valence-corrected chi connectivity index (χ0v) is 19.2. The first-order chi connectivity index (χ1) is 15.9. The van der Waals surface area contributed by atoms with Crippen molar-refractivity contribution in [2.45, 2.75) is 22.1 Å². The average molecular weight is 567 g/mol. The summed E-state index contributed by atoms with van der Waals surface area (Å²) >= 11 is 0. The Morgan fingerprint density at radius 1 is 0.886 bits per heavy atom. The molecule has 0 aliphatic rings. The summed E-state index contributed by atoms with van der Waals surface area (Å²) in [6.07, 6.45) is -6.74. The maximum atomic E-state index is 12.5. The fourth-order valence-electron chi connectivity index (χ4n) is 1.84. The van der Waals surface area contributed by atoms with Crippen molar-refractivity contribution in [1.29, 1.82) is 10.5 Å². The summed E-state index contributed by atoms with van der Waals surface area (Å²) in [5.74, 6) is 0. The van der Waals surface area contributed by atoms with E-state index in [-0.39, 0.29) is 6.54 Å². The van der Waals surface area contributed by atoms with Crippen LogP contribution in [0.25, 0.3) is 0 Å². The van der Waals surface area contributed by atoms with E-state index in [9.17, 15) is 43.2 Å². The Morgan fingerprint density at radius 2 is 1.29 bits per heavy atom. The van der Waals surface area contributed by atoms with Gasteiger partial charge >= 0.3 is 12.4 Å². The molecule has 10 nitrogen and oxygen atoms in total. The Balaban J connectivity index is 0.000000581. The van der Waals surface area contributed by atoms with E-state index in [0.29, 0.717) is 24.5 Å². The minimum absolute atomic E-state index is 0.125. The van der Waals surface area contributed by atoms with Crippen molar-refractivity contribution in [3.8, 4) is 12.1 Å². The molecule has 0 fully saturated rings. The number of alkyl halides is 6. The first-order valence-corrected chi connectivity index (χ1v) is 12.1. The molecule has 0 unspecified atom stereocenters. The maximum Gasteiger partial charge on any atom is 0.417 e. The zero-order valence-electron chi connectivity index (χ0n) is 16.8. The number of pyridine rings is 2. The Hall–Kier alpha value is -3.03. The fourth-order valence-corrected chi connectivity index (χ4v) is 3.93. The molecule has 19 heteroatoms. The summed E-state index contributed by atoms with van der Waals surface area (Å²) in [5, 5.41) is 15.7. The highest BCUT2D eigenvalue weighted by atomic mass is 35.7. The summed E-state index contributed by atoms with van der Waals surface area (Å²) in [6, 6.07) is 4.28. The van der Waals surface area contributed by atoms with E-state index in [1.165, 1.54) is 6.07 Å². The van der Waals surface area contributed by atoms with E-state index in [2.05, 4.69) is 15.7 Å². The Bertz CT molecular complexity index is 1290. The van der Waals surface area contributed by atoms with Gasteiger partial charge in [-0.15, -0.1) is 0 Å². The third kappa shape index (κ3) is 10.8. The van der Waals surface area contributed by atoms with Crippen LogP contribution < -0.4 is 10.5 Å². The third-order valence-corrected chi connectivity index (χ3v) is 5.94. The SMILES string of the molecule is N#CCN.N#CCNS(=O)(=O)c1cnccc1C(F)(F)F.O=S(=O)(Cl)c1cnccc1C(F)(F)F. The van der Waals surface area contributed by atoms with Crippen molar-refractivity contribution in [2.24, 2.45) is 5.73 Å². The molecule has 3 N–H and O–H groups in total. The van der Waals surface area contributed by atoms with Crippen LogP contribution in [0.15, 0.2) is 46.7 Å². The van der Waals surface area contributed by atoms with Crippen molar-refractivity contribution in [1.82, 2.24) is 14.7 Å². The lowest BCUT2D eigenvalue weighted by atomic mass is 10.3. The minimum Gasteiger partial charge on any atom is -0.318 e. The first kappa shape index (κ1) is 32.0. The number of nitrogens with two attached hydrogens (primary N) is 1. The fraction of sp³-hybridized carbons (Fsp3) is 0.250. The summed E-state index contributed by atoms with van der Waals surface area (Å²) in [4.78, 5) is 4.56. The summed E-state index contributed by atoms with van der Waals surface area (Å²) in [5.41, 5.74) is 2.03. The predicted octanol–water partition coefficient (Wildman–Crippen LogP) is 2.40. The van der Waals surface area contributed by atoms with E-state index < -0.39 is 58.9 Å². The van der Waals surface area contributed by atoms with Gasteiger partial charge < -0.3 is 5.73 Å². The van der Waals surface area contributed by atoms with Crippen LogP contribution in [0.1, 0.15) is 11.1 Å². The number of hydrogen-bond acceptors (Lipinski definition) is 9. The van der Waals surface area contributed by atoms with Gasteiger partial charge in [-0.2, -0.15) is 41.6 Å².